The van der Waals surface area contributed by atoms with Crippen molar-refractivity contribution in [1.82, 2.24) is 4.98 Å². The third kappa shape index (κ3) is 5.96. The zero-order valence-corrected chi connectivity index (χ0v) is 28.7. The Hall–Kier alpha value is -5.09. The summed E-state index contributed by atoms with van der Waals surface area (Å²) >= 11 is 1.74. The molecule has 0 aliphatic rings. The molecule has 7 aromatic carbocycles. The molecule has 0 radical (unpaired) electrons. The van der Waals surface area contributed by atoms with Crippen molar-refractivity contribution in [2.75, 3.05) is 0 Å². The first kappa shape index (κ1) is 29.3. The maximum atomic E-state index is 4.82. The van der Waals surface area contributed by atoms with Crippen LogP contribution in [0.25, 0.3) is 76.1 Å². The minimum Gasteiger partial charge on any atom is -0.236 e. The van der Waals surface area contributed by atoms with Crippen molar-refractivity contribution in [3.63, 3.8) is 0 Å². The lowest BCUT2D eigenvalue weighted by Gasteiger charge is -2.16. The van der Waals surface area contributed by atoms with Gasteiger partial charge < -0.3 is 0 Å². The Morgan fingerprint density at radius 2 is 0.787 bits per heavy atom. The van der Waals surface area contributed by atoms with E-state index in [1.165, 1.54) is 65.2 Å². The lowest BCUT2D eigenvalue weighted by molar-refractivity contribution is 1.48. The van der Waals surface area contributed by atoms with Crippen LogP contribution in [-0.2, 0) is 0 Å². The van der Waals surface area contributed by atoms with Gasteiger partial charge in [-0.15, -0.1) is 11.3 Å². The highest BCUT2D eigenvalue weighted by Gasteiger charge is 2.16. The van der Waals surface area contributed by atoms with Crippen LogP contribution in [-0.4, -0.2) is 13.1 Å². The summed E-state index contributed by atoms with van der Waals surface area (Å²) in [7, 11) is -1.28. The number of hydrogen-bond donors (Lipinski definition) is 0. The third-order valence-electron chi connectivity index (χ3n) is 9.12. The van der Waals surface area contributed by atoms with Crippen LogP contribution in [0, 0.1) is 0 Å². The van der Waals surface area contributed by atoms with Crippen molar-refractivity contribution in [3.05, 3.63) is 158 Å². The van der Waals surface area contributed by atoms with E-state index in [1.807, 2.05) is 6.07 Å². The lowest BCUT2D eigenvalue weighted by Crippen LogP contribution is -2.37. The highest BCUT2D eigenvalue weighted by Crippen LogP contribution is 2.34. The van der Waals surface area contributed by atoms with Crippen molar-refractivity contribution < 1.29 is 0 Å². The Morgan fingerprint density at radius 1 is 0.404 bits per heavy atom. The normalized spacial score (nSPS) is 11.7. The monoisotopic (exact) mass is 637 g/mol. The molecule has 226 valence electrons. The topological polar surface area (TPSA) is 12.9 Å². The fraction of sp³-hybridized carbons (Fsp3) is 0.0682. The van der Waals surface area contributed by atoms with Crippen molar-refractivity contribution in [1.29, 1.82) is 0 Å². The van der Waals surface area contributed by atoms with Gasteiger partial charge >= 0.3 is 0 Å². The van der Waals surface area contributed by atoms with Crippen molar-refractivity contribution in [3.8, 4) is 55.1 Å². The summed E-state index contributed by atoms with van der Waals surface area (Å²) in [6.07, 6.45) is 0. The Bertz CT molecular complexity index is 2310. The summed E-state index contributed by atoms with van der Waals surface area (Å²) in [6, 6.07) is 57.7. The summed E-state index contributed by atoms with van der Waals surface area (Å²) in [5.41, 5.74) is 12.1. The van der Waals surface area contributed by atoms with Gasteiger partial charge in [0, 0.05) is 5.56 Å². The fourth-order valence-electron chi connectivity index (χ4n) is 6.28. The number of nitrogens with zero attached hydrogens (tertiary/aromatic N) is 1. The van der Waals surface area contributed by atoms with Gasteiger partial charge in [-0.1, -0.05) is 158 Å². The van der Waals surface area contributed by atoms with Gasteiger partial charge in [-0.3, -0.25) is 0 Å². The smallest absolute Gasteiger partial charge is 0.124 e. The number of hydrogen-bond acceptors (Lipinski definition) is 2. The molecule has 1 heterocycles. The summed E-state index contributed by atoms with van der Waals surface area (Å²) in [5, 5.41) is 5.05. The number of thiazole rings is 1. The predicted molar refractivity (Wildman–Crippen MR) is 207 cm³/mol. The van der Waals surface area contributed by atoms with E-state index in [1.54, 1.807) is 11.3 Å². The van der Waals surface area contributed by atoms with Gasteiger partial charge in [-0.25, -0.2) is 4.98 Å². The van der Waals surface area contributed by atoms with Crippen molar-refractivity contribution in [2.45, 2.75) is 19.6 Å². The first-order valence-electron chi connectivity index (χ1n) is 16.2. The van der Waals surface area contributed by atoms with E-state index in [0.717, 1.165) is 16.1 Å². The number of aromatic nitrogens is 1. The zero-order valence-electron chi connectivity index (χ0n) is 26.9. The zero-order chi connectivity index (χ0) is 32.0. The largest absolute Gasteiger partial charge is 0.236 e. The fourth-order valence-corrected chi connectivity index (χ4v) is 8.42. The first-order valence-corrected chi connectivity index (χ1v) is 20.5. The van der Waals surface area contributed by atoms with Crippen LogP contribution in [0.1, 0.15) is 0 Å². The van der Waals surface area contributed by atoms with E-state index >= 15 is 0 Å². The van der Waals surface area contributed by atoms with E-state index in [9.17, 15) is 0 Å². The third-order valence-corrected chi connectivity index (χ3v) is 12.3. The number of para-hydroxylation sites is 1. The molecule has 0 fully saturated rings. The van der Waals surface area contributed by atoms with Crippen LogP contribution in [0.5, 0.6) is 0 Å². The second-order valence-electron chi connectivity index (χ2n) is 13.3. The Kier molecular flexibility index (Phi) is 7.44. The van der Waals surface area contributed by atoms with E-state index in [-0.39, 0.29) is 0 Å². The van der Waals surface area contributed by atoms with Crippen molar-refractivity contribution in [2.24, 2.45) is 0 Å². The van der Waals surface area contributed by atoms with E-state index in [0.29, 0.717) is 0 Å². The quantitative estimate of drug-likeness (QED) is 0.165. The molecule has 0 aliphatic carbocycles. The highest BCUT2D eigenvalue weighted by atomic mass is 32.1. The van der Waals surface area contributed by atoms with Crippen LogP contribution in [0.4, 0.5) is 0 Å². The van der Waals surface area contributed by atoms with Crippen LogP contribution in [0.15, 0.2) is 158 Å². The number of benzene rings is 7. The molecular formula is C44H35NSSi. The second-order valence-corrected chi connectivity index (χ2v) is 19.4. The van der Waals surface area contributed by atoms with Crippen LogP contribution in [0.3, 0.4) is 0 Å². The first-order chi connectivity index (χ1) is 22.9. The molecule has 47 heavy (non-hydrogen) atoms. The molecule has 0 saturated carbocycles. The Balaban J connectivity index is 0.979. The van der Waals surface area contributed by atoms with E-state index < -0.39 is 8.07 Å². The minimum atomic E-state index is -1.28. The second kappa shape index (κ2) is 11.9. The SMILES string of the molecule is C[Si](C)(C)c1ccc(-c2ccc(-c3ccc(-c4ccc5cc(-c6ccc(-c7nc8ccccc8s7)cc6)ccc5c4)cc3)cc2)cc1. The molecule has 0 aliphatic heterocycles. The average molecular weight is 638 g/mol. The summed E-state index contributed by atoms with van der Waals surface area (Å²) in [4.78, 5) is 4.82. The maximum absolute atomic E-state index is 4.82. The molecule has 0 bridgehead atoms. The van der Waals surface area contributed by atoms with Gasteiger partial charge in [0.25, 0.3) is 0 Å². The number of fused-ring (bicyclic) bond motifs is 2. The van der Waals surface area contributed by atoms with Gasteiger partial charge in [-0.2, -0.15) is 0 Å². The van der Waals surface area contributed by atoms with Gasteiger partial charge in [0.2, 0.25) is 0 Å². The molecule has 0 spiro atoms. The van der Waals surface area contributed by atoms with E-state index in [2.05, 4.69) is 171 Å². The van der Waals surface area contributed by atoms with Crippen molar-refractivity contribution >= 4 is 45.6 Å². The van der Waals surface area contributed by atoms with Crippen LogP contribution in [0.2, 0.25) is 19.6 Å². The highest BCUT2D eigenvalue weighted by molar-refractivity contribution is 7.21. The van der Waals surface area contributed by atoms with Gasteiger partial charge in [-0.05, 0) is 79.5 Å². The molecule has 8 aromatic rings. The van der Waals surface area contributed by atoms with Crippen LogP contribution >= 0.6 is 11.3 Å². The van der Waals surface area contributed by atoms with E-state index in [4.69, 9.17) is 4.98 Å². The number of rotatable bonds is 6. The average Bonchev–Trinajstić information content (AvgIpc) is 3.56. The summed E-state index contributed by atoms with van der Waals surface area (Å²) in [6.45, 7) is 7.18. The summed E-state index contributed by atoms with van der Waals surface area (Å²) in [5.74, 6) is 0. The maximum Gasteiger partial charge on any atom is 0.124 e. The molecule has 0 N–H and O–H groups in total. The lowest BCUT2D eigenvalue weighted by atomic mass is 9.96. The molecule has 8 rings (SSSR count). The molecular weight excluding hydrogens is 603 g/mol. The Morgan fingerprint density at radius 3 is 1.23 bits per heavy atom. The minimum absolute atomic E-state index is 1.06. The molecule has 0 atom stereocenters. The molecule has 0 amide bonds. The van der Waals surface area contributed by atoms with Gasteiger partial charge in [0.1, 0.15) is 5.01 Å². The predicted octanol–water partition coefficient (Wildman–Crippen LogP) is 12.3. The molecule has 1 nitrogen and oxygen atoms in total. The molecule has 0 unspecified atom stereocenters. The van der Waals surface area contributed by atoms with Crippen LogP contribution < -0.4 is 5.19 Å². The van der Waals surface area contributed by atoms with Gasteiger partial charge in [0.05, 0.1) is 18.3 Å². The summed E-state index contributed by atoms with van der Waals surface area (Å²) < 4.78 is 1.22. The standard InChI is InChI=1S/C44H35NSSi/c1-47(2,3)41-26-24-33(25-27-41)32-10-8-30(9-11-32)31-12-14-34(15-13-31)37-20-22-40-29-38(21-23-39(40)28-37)35-16-18-36(19-17-35)44-45-42-6-4-5-7-43(42)46-44/h4-29H,1-3H3. The molecule has 0 saturated heterocycles. The Labute approximate surface area is 281 Å². The molecule has 1 aromatic heterocycles. The molecule has 3 heteroatoms. The van der Waals surface area contributed by atoms with Gasteiger partial charge in [0.15, 0.2) is 0 Å².